The first-order valence-electron chi connectivity index (χ1n) is 7.33. The Bertz CT molecular complexity index is 653. The summed E-state index contributed by atoms with van der Waals surface area (Å²) in [6.45, 7) is 0.972. The van der Waals surface area contributed by atoms with Gasteiger partial charge in [0.1, 0.15) is 0 Å². The molecule has 1 fully saturated rings. The van der Waals surface area contributed by atoms with Crippen molar-refractivity contribution in [1.82, 2.24) is 5.32 Å². The minimum atomic E-state index is -0.300. The van der Waals surface area contributed by atoms with E-state index in [0.29, 0.717) is 17.5 Å². The minimum absolute atomic E-state index is 0.293. The van der Waals surface area contributed by atoms with Crippen LogP contribution in [0.15, 0.2) is 35.7 Å². The molecule has 2 aromatic rings. The first kappa shape index (κ1) is 15.5. The van der Waals surface area contributed by atoms with Crippen LogP contribution in [0.4, 0.5) is 0 Å². The van der Waals surface area contributed by atoms with Crippen molar-refractivity contribution in [2.45, 2.75) is 24.8 Å². The molecule has 0 amide bonds. The number of hydrogen-bond donors (Lipinski definition) is 1. The number of piperidine rings is 1. The van der Waals surface area contributed by atoms with Gasteiger partial charge in [-0.15, -0.1) is 11.3 Å². The number of halogens is 1. The Morgan fingerprint density at radius 1 is 1.32 bits per heavy atom. The Hall–Kier alpha value is -1.36. The summed E-state index contributed by atoms with van der Waals surface area (Å²) in [5.41, 5.74) is 3.05. The zero-order valence-electron chi connectivity index (χ0n) is 12.3. The highest BCUT2D eigenvalue weighted by molar-refractivity contribution is 7.14. The van der Waals surface area contributed by atoms with Gasteiger partial charge in [-0.25, -0.2) is 4.79 Å². The van der Waals surface area contributed by atoms with Gasteiger partial charge in [0.25, 0.3) is 0 Å². The number of benzene rings is 1. The zero-order chi connectivity index (χ0) is 15.5. The molecule has 0 spiro atoms. The Kier molecular flexibility index (Phi) is 4.81. The highest BCUT2D eigenvalue weighted by Crippen LogP contribution is 2.39. The van der Waals surface area contributed by atoms with Gasteiger partial charge in [0, 0.05) is 6.04 Å². The number of carbonyl (C=O) groups is 1. The lowest BCUT2D eigenvalue weighted by molar-refractivity contribution is 0.0600. The van der Waals surface area contributed by atoms with Crippen LogP contribution >= 0.6 is 22.9 Å². The summed E-state index contributed by atoms with van der Waals surface area (Å²) in [6.07, 6.45) is 2.13. The van der Waals surface area contributed by atoms with Crippen LogP contribution in [0.25, 0.3) is 0 Å². The molecule has 0 radical (unpaired) electrons. The van der Waals surface area contributed by atoms with E-state index in [0.717, 1.165) is 23.7 Å². The van der Waals surface area contributed by atoms with E-state index < -0.39 is 0 Å². The number of esters is 1. The average molecular weight is 336 g/mol. The first-order chi connectivity index (χ1) is 10.7. The van der Waals surface area contributed by atoms with Gasteiger partial charge in [-0.05, 0) is 60.0 Å². The molecule has 1 N–H and O–H groups in total. The topological polar surface area (TPSA) is 38.3 Å². The molecule has 1 aromatic carbocycles. The molecule has 3 nitrogen and oxygen atoms in total. The summed E-state index contributed by atoms with van der Waals surface area (Å²) < 4.78 is 5.64. The maximum Gasteiger partial charge on any atom is 0.337 e. The summed E-state index contributed by atoms with van der Waals surface area (Å²) in [5.74, 6) is 0.191. The van der Waals surface area contributed by atoms with Crippen LogP contribution in [0.2, 0.25) is 4.34 Å². The third kappa shape index (κ3) is 3.19. The largest absolute Gasteiger partial charge is 0.465 e. The smallest absolute Gasteiger partial charge is 0.337 e. The number of ether oxygens (including phenoxy) is 1. The minimum Gasteiger partial charge on any atom is -0.465 e. The predicted molar refractivity (Wildman–Crippen MR) is 89.8 cm³/mol. The van der Waals surface area contributed by atoms with Crippen LogP contribution in [0.5, 0.6) is 0 Å². The van der Waals surface area contributed by atoms with Crippen molar-refractivity contribution in [3.05, 3.63) is 56.7 Å². The van der Waals surface area contributed by atoms with E-state index in [9.17, 15) is 4.79 Å². The maximum atomic E-state index is 11.5. The second-order valence-corrected chi connectivity index (χ2v) is 7.01. The number of nitrogens with one attached hydrogen (secondary N) is 1. The molecule has 1 aliphatic heterocycles. The Morgan fingerprint density at radius 2 is 2.09 bits per heavy atom. The van der Waals surface area contributed by atoms with E-state index in [1.807, 2.05) is 24.3 Å². The third-order valence-corrected chi connectivity index (χ3v) is 5.42. The SMILES string of the molecule is COC(=O)c1ccc([C@@H]2CC(c3ccsc3Cl)CCN2)cc1. The van der Waals surface area contributed by atoms with E-state index in [1.165, 1.54) is 18.2 Å². The van der Waals surface area contributed by atoms with E-state index in [1.54, 1.807) is 11.3 Å². The van der Waals surface area contributed by atoms with Crippen molar-refractivity contribution in [2.75, 3.05) is 13.7 Å². The van der Waals surface area contributed by atoms with Crippen LogP contribution in [-0.2, 0) is 4.74 Å². The summed E-state index contributed by atoms with van der Waals surface area (Å²) in [7, 11) is 1.40. The van der Waals surface area contributed by atoms with Gasteiger partial charge in [0.05, 0.1) is 17.0 Å². The molecule has 1 aromatic heterocycles. The van der Waals surface area contributed by atoms with Gasteiger partial charge in [-0.2, -0.15) is 0 Å². The highest BCUT2D eigenvalue weighted by Gasteiger charge is 2.25. The molecule has 3 rings (SSSR count). The van der Waals surface area contributed by atoms with Gasteiger partial charge < -0.3 is 10.1 Å². The van der Waals surface area contributed by atoms with Crippen LogP contribution in [-0.4, -0.2) is 19.6 Å². The molecular formula is C17H18ClNO2S. The average Bonchev–Trinajstić information content (AvgIpc) is 3.00. The fraction of sp³-hybridized carbons (Fsp3) is 0.353. The van der Waals surface area contributed by atoms with Crippen LogP contribution < -0.4 is 5.32 Å². The predicted octanol–water partition coefficient (Wildman–Crippen LogP) is 4.40. The van der Waals surface area contributed by atoms with Gasteiger partial charge >= 0.3 is 5.97 Å². The second kappa shape index (κ2) is 6.82. The van der Waals surface area contributed by atoms with Crippen molar-refractivity contribution < 1.29 is 9.53 Å². The summed E-state index contributed by atoms with van der Waals surface area (Å²) in [4.78, 5) is 11.5. The summed E-state index contributed by atoms with van der Waals surface area (Å²) >= 11 is 7.88. The lowest BCUT2D eigenvalue weighted by atomic mass is 9.85. The number of thiophene rings is 1. The van der Waals surface area contributed by atoms with Crippen molar-refractivity contribution >= 4 is 28.9 Å². The van der Waals surface area contributed by atoms with Crippen LogP contribution in [0.1, 0.15) is 46.3 Å². The molecule has 1 saturated heterocycles. The molecule has 2 atom stereocenters. The highest BCUT2D eigenvalue weighted by atomic mass is 35.5. The van der Waals surface area contributed by atoms with Gasteiger partial charge in [0.2, 0.25) is 0 Å². The fourth-order valence-corrected chi connectivity index (χ4v) is 4.10. The quantitative estimate of drug-likeness (QED) is 0.845. The third-order valence-electron chi connectivity index (χ3n) is 4.22. The number of rotatable bonds is 3. The second-order valence-electron chi connectivity index (χ2n) is 5.49. The number of methoxy groups -OCH3 is 1. The Labute approximate surface area is 139 Å². The molecule has 0 bridgehead atoms. The van der Waals surface area contributed by atoms with E-state index in [4.69, 9.17) is 16.3 Å². The molecule has 0 saturated carbocycles. The molecule has 1 unspecified atom stereocenters. The van der Waals surface area contributed by atoms with E-state index >= 15 is 0 Å². The molecule has 1 aliphatic rings. The number of hydrogen-bond acceptors (Lipinski definition) is 4. The summed E-state index contributed by atoms with van der Waals surface area (Å²) in [5, 5.41) is 5.61. The Morgan fingerprint density at radius 3 is 2.73 bits per heavy atom. The van der Waals surface area contributed by atoms with Crippen molar-refractivity contribution in [3.63, 3.8) is 0 Å². The van der Waals surface area contributed by atoms with E-state index in [2.05, 4.69) is 16.8 Å². The molecule has 0 aliphatic carbocycles. The molecule has 116 valence electrons. The first-order valence-corrected chi connectivity index (χ1v) is 8.59. The lowest BCUT2D eigenvalue weighted by Gasteiger charge is -2.30. The van der Waals surface area contributed by atoms with Crippen molar-refractivity contribution in [1.29, 1.82) is 0 Å². The van der Waals surface area contributed by atoms with Gasteiger partial charge in [-0.3, -0.25) is 0 Å². The lowest BCUT2D eigenvalue weighted by Crippen LogP contribution is -2.30. The molecule has 2 heterocycles. The molecule has 5 heteroatoms. The molecular weight excluding hydrogens is 318 g/mol. The van der Waals surface area contributed by atoms with Gasteiger partial charge in [0.15, 0.2) is 0 Å². The maximum absolute atomic E-state index is 11.5. The fourth-order valence-electron chi connectivity index (χ4n) is 3.02. The number of carbonyl (C=O) groups excluding carboxylic acids is 1. The van der Waals surface area contributed by atoms with E-state index in [-0.39, 0.29) is 5.97 Å². The standard InChI is InChI=1S/C17H18ClNO2S/c1-21-17(20)12-4-2-11(3-5-12)15-10-13(6-8-19-15)14-7-9-22-16(14)18/h2-5,7,9,13,15,19H,6,8,10H2,1H3/t13?,15-/m0/s1. The van der Waals surface area contributed by atoms with Crippen LogP contribution in [0, 0.1) is 0 Å². The van der Waals surface area contributed by atoms with Gasteiger partial charge in [-0.1, -0.05) is 23.7 Å². The van der Waals surface area contributed by atoms with Crippen molar-refractivity contribution in [2.24, 2.45) is 0 Å². The monoisotopic (exact) mass is 335 g/mol. The molecule has 22 heavy (non-hydrogen) atoms. The zero-order valence-corrected chi connectivity index (χ0v) is 13.9. The summed E-state index contributed by atoms with van der Waals surface area (Å²) in [6, 6.07) is 10.1. The Balaban J connectivity index is 1.74. The van der Waals surface area contributed by atoms with Crippen molar-refractivity contribution in [3.8, 4) is 0 Å². The normalized spacial score (nSPS) is 21.5. The van der Waals surface area contributed by atoms with Crippen LogP contribution in [0.3, 0.4) is 0 Å².